The monoisotopic (exact) mass is 698 g/mol. The number of thiophene rings is 1. The van der Waals surface area contributed by atoms with Crippen LogP contribution in [0.5, 0.6) is 0 Å². The molecule has 0 aliphatic carbocycles. The summed E-state index contributed by atoms with van der Waals surface area (Å²) in [5.41, 5.74) is 9.91. The Morgan fingerprint density at radius 3 is 2.15 bits per heavy atom. The first-order valence-electron chi connectivity index (χ1n) is 18.0. The molecule has 0 fully saturated rings. The molecule has 0 aliphatic rings. The topological polar surface area (TPSA) is 37.5 Å². The molecule has 4 heteroatoms. The predicted octanol–water partition coefficient (Wildman–Crippen LogP) is 13.3. The van der Waals surface area contributed by atoms with Gasteiger partial charge in [-0.2, -0.15) is 0 Å². The molecule has 2 heterocycles. The summed E-state index contributed by atoms with van der Waals surface area (Å²) in [7, 11) is 0. The molecule has 0 aliphatic heterocycles. The number of nitrogens with zero attached hydrogens (tertiary/aromatic N) is 1. The second-order valence-electron chi connectivity index (χ2n) is 13.6. The third-order valence-corrected chi connectivity index (χ3v) is 11.4. The van der Waals surface area contributed by atoms with Crippen LogP contribution in [0.2, 0.25) is 0 Å². The van der Waals surface area contributed by atoms with Gasteiger partial charge in [-0.1, -0.05) is 146 Å². The third kappa shape index (κ3) is 5.88. The van der Waals surface area contributed by atoms with E-state index < -0.39 is 0 Å². The molecule has 53 heavy (non-hydrogen) atoms. The molecule has 2 aromatic heterocycles. The first kappa shape index (κ1) is 31.4. The normalized spacial score (nSPS) is 12.5. The van der Waals surface area contributed by atoms with Crippen molar-refractivity contribution in [2.75, 3.05) is 0 Å². The first-order valence-corrected chi connectivity index (χ1v) is 18.8. The van der Waals surface area contributed by atoms with Crippen LogP contribution in [0, 0.1) is 0 Å². The van der Waals surface area contributed by atoms with E-state index in [-0.39, 0.29) is 6.17 Å². The maximum atomic E-state index is 6.49. The van der Waals surface area contributed by atoms with Gasteiger partial charge in [0, 0.05) is 43.7 Å². The number of nitrogens with one attached hydrogen (secondary N) is 1. The summed E-state index contributed by atoms with van der Waals surface area (Å²) >= 11 is 1.88. The number of fused-ring (bicyclic) bond motifs is 8. The molecular formula is C49H34N2OS. The summed E-state index contributed by atoms with van der Waals surface area (Å²) in [6.45, 7) is 0.661. The van der Waals surface area contributed by atoms with E-state index in [0.717, 1.165) is 33.1 Å². The molecule has 0 saturated heterocycles. The molecule has 1 unspecified atom stereocenters. The van der Waals surface area contributed by atoms with Crippen molar-refractivity contribution in [2.45, 2.75) is 12.7 Å². The minimum absolute atomic E-state index is 0.279. The molecule has 0 saturated carbocycles. The molecule has 1 atom stereocenters. The van der Waals surface area contributed by atoms with Crippen molar-refractivity contribution in [1.82, 2.24) is 5.32 Å². The minimum Gasteiger partial charge on any atom is -0.456 e. The predicted molar refractivity (Wildman–Crippen MR) is 225 cm³/mol. The molecular weight excluding hydrogens is 665 g/mol. The van der Waals surface area contributed by atoms with Crippen molar-refractivity contribution in [3.63, 3.8) is 0 Å². The Morgan fingerprint density at radius 2 is 1.32 bits per heavy atom. The van der Waals surface area contributed by atoms with Gasteiger partial charge in [0.15, 0.2) is 0 Å². The fourth-order valence-electron chi connectivity index (χ4n) is 7.57. The molecule has 1 N–H and O–H groups in total. The molecule has 10 rings (SSSR count). The van der Waals surface area contributed by atoms with Crippen LogP contribution in [0.25, 0.3) is 75.1 Å². The number of rotatable bonds is 8. The molecule has 0 spiro atoms. The Labute approximate surface area is 311 Å². The van der Waals surface area contributed by atoms with Gasteiger partial charge in [-0.15, -0.1) is 11.3 Å². The third-order valence-electron chi connectivity index (χ3n) is 10.2. The van der Waals surface area contributed by atoms with E-state index in [1.165, 1.54) is 58.8 Å². The molecule has 0 amide bonds. The largest absolute Gasteiger partial charge is 0.456 e. The van der Waals surface area contributed by atoms with Crippen LogP contribution < -0.4 is 5.32 Å². The lowest BCUT2D eigenvalue weighted by Gasteiger charge is -2.16. The van der Waals surface area contributed by atoms with E-state index in [9.17, 15) is 0 Å². The van der Waals surface area contributed by atoms with Gasteiger partial charge >= 0.3 is 0 Å². The molecule has 0 radical (unpaired) electrons. The minimum atomic E-state index is -0.279. The Morgan fingerprint density at radius 1 is 0.566 bits per heavy atom. The van der Waals surface area contributed by atoms with Crippen molar-refractivity contribution >= 4 is 70.4 Å². The van der Waals surface area contributed by atoms with Crippen molar-refractivity contribution in [2.24, 2.45) is 4.99 Å². The van der Waals surface area contributed by atoms with Crippen LogP contribution in [-0.2, 0) is 6.54 Å². The summed E-state index contributed by atoms with van der Waals surface area (Å²) in [4.78, 5) is 5.09. The van der Waals surface area contributed by atoms with Gasteiger partial charge in [0.1, 0.15) is 17.3 Å². The zero-order valence-electron chi connectivity index (χ0n) is 28.9. The summed E-state index contributed by atoms with van der Waals surface area (Å²) in [6, 6.07) is 62.5. The van der Waals surface area contributed by atoms with Crippen LogP contribution in [0.4, 0.5) is 0 Å². The summed E-state index contributed by atoms with van der Waals surface area (Å²) in [5, 5.41) is 11.2. The molecule has 0 bridgehead atoms. The van der Waals surface area contributed by atoms with Crippen molar-refractivity contribution in [3.8, 4) is 22.3 Å². The van der Waals surface area contributed by atoms with Crippen LogP contribution >= 0.6 is 11.3 Å². The Hall–Kier alpha value is -6.33. The van der Waals surface area contributed by atoms with Gasteiger partial charge in [0.2, 0.25) is 0 Å². The average Bonchev–Trinajstić information content (AvgIpc) is 3.79. The van der Waals surface area contributed by atoms with Crippen LogP contribution in [0.3, 0.4) is 0 Å². The van der Waals surface area contributed by atoms with E-state index in [1.54, 1.807) is 0 Å². The molecule has 10 aromatic rings. The summed E-state index contributed by atoms with van der Waals surface area (Å²) < 4.78 is 9.13. The fraction of sp³-hybridized carbons (Fsp3) is 0.0408. The zero-order valence-corrected chi connectivity index (χ0v) is 29.7. The van der Waals surface area contributed by atoms with Crippen molar-refractivity contribution < 1.29 is 4.42 Å². The molecule has 8 aromatic carbocycles. The van der Waals surface area contributed by atoms with Crippen LogP contribution in [0.15, 0.2) is 185 Å². The standard InChI is InChI=1S/C49H34N2OS/c1-4-11-32(12-5-1)30-50-49(38-22-25-42-45(29-38)52-44-18-10-17-39(47(42)44)35-15-8-3-9-16-35)51-31-33-19-26-46-43(27-33)41-24-21-37-28-36(34-13-6-2-7-14-34)20-23-40(37)48(41)53-46/h1-30,49,51H,31H2/b50-30+. The summed E-state index contributed by atoms with van der Waals surface area (Å²) in [5.74, 6) is 0. The van der Waals surface area contributed by atoms with Crippen molar-refractivity contribution in [3.05, 3.63) is 193 Å². The molecule has 3 nitrogen and oxygen atoms in total. The average molecular weight is 699 g/mol. The number of hydrogen-bond acceptors (Lipinski definition) is 4. The number of aliphatic imine (C=N–C) groups is 1. The van der Waals surface area contributed by atoms with E-state index in [4.69, 9.17) is 9.41 Å². The first-order chi connectivity index (χ1) is 26.2. The van der Waals surface area contributed by atoms with Gasteiger partial charge in [0.05, 0.1) is 0 Å². The highest BCUT2D eigenvalue weighted by molar-refractivity contribution is 7.26. The van der Waals surface area contributed by atoms with Gasteiger partial charge in [-0.05, 0) is 80.0 Å². The number of hydrogen-bond donors (Lipinski definition) is 1. The van der Waals surface area contributed by atoms with Gasteiger partial charge in [0.25, 0.3) is 0 Å². The van der Waals surface area contributed by atoms with Crippen LogP contribution in [-0.4, -0.2) is 6.21 Å². The van der Waals surface area contributed by atoms with Gasteiger partial charge < -0.3 is 4.42 Å². The maximum Gasteiger partial charge on any atom is 0.136 e. The lowest BCUT2D eigenvalue weighted by molar-refractivity contribution is 0.556. The fourth-order valence-corrected chi connectivity index (χ4v) is 8.79. The van der Waals surface area contributed by atoms with Gasteiger partial charge in [-0.25, -0.2) is 0 Å². The van der Waals surface area contributed by atoms with Gasteiger partial charge in [-0.3, -0.25) is 10.3 Å². The van der Waals surface area contributed by atoms with E-state index in [0.29, 0.717) is 6.54 Å². The van der Waals surface area contributed by atoms with E-state index in [1.807, 2.05) is 35.8 Å². The lowest BCUT2D eigenvalue weighted by Crippen LogP contribution is -2.19. The van der Waals surface area contributed by atoms with E-state index in [2.05, 4.69) is 163 Å². The highest BCUT2D eigenvalue weighted by Crippen LogP contribution is 2.41. The zero-order chi connectivity index (χ0) is 35.1. The Kier molecular flexibility index (Phi) is 7.90. The molecule has 252 valence electrons. The lowest BCUT2D eigenvalue weighted by atomic mass is 9.99. The highest BCUT2D eigenvalue weighted by atomic mass is 32.1. The summed E-state index contributed by atoms with van der Waals surface area (Å²) in [6.07, 6.45) is 1.68. The number of furan rings is 1. The Bertz CT molecular complexity index is 2940. The second kappa shape index (κ2) is 13.3. The number of benzene rings is 8. The Balaban J connectivity index is 0.988. The maximum absolute atomic E-state index is 6.49. The van der Waals surface area contributed by atoms with Crippen molar-refractivity contribution in [1.29, 1.82) is 0 Å². The second-order valence-corrected chi connectivity index (χ2v) is 14.6. The smallest absolute Gasteiger partial charge is 0.136 e. The van der Waals surface area contributed by atoms with Crippen LogP contribution in [0.1, 0.15) is 22.9 Å². The van der Waals surface area contributed by atoms with E-state index >= 15 is 0 Å². The highest BCUT2D eigenvalue weighted by Gasteiger charge is 2.17. The SMILES string of the molecule is C(=N\C(NCc1ccc2sc3c4ccc(-c5ccccc5)cc4ccc3c2c1)c1ccc2c(c1)oc1cccc(-c3ccccc3)c12)/c1ccccc1. The quantitative estimate of drug-likeness (QED) is 0.160.